The summed E-state index contributed by atoms with van der Waals surface area (Å²) in [7, 11) is 1.68. The van der Waals surface area contributed by atoms with E-state index >= 15 is 0 Å². The third-order valence-corrected chi connectivity index (χ3v) is 2.79. The minimum Gasteiger partial charge on any atom is -0.461 e. The normalized spacial score (nSPS) is 15.6. The van der Waals surface area contributed by atoms with Gasteiger partial charge in [-0.3, -0.25) is 9.69 Å². The van der Waals surface area contributed by atoms with Gasteiger partial charge in [0.05, 0.1) is 19.4 Å². The summed E-state index contributed by atoms with van der Waals surface area (Å²) in [5.41, 5.74) is 0. The molecule has 0 aromatic carbocycles. The Labute approximate surface area is 95.2 Å². The lowest BCUT2D eigenvalue weighted by atomic mass is 10.3. The predicted molar refractivity (Wildman–Crippen MR) is 59.5 cm³/mol. The molecular weight excluding hydrogens is 206 g/mol. The van der Waals surface area contributed by atoms with Gasteiger partial charge in [-0.05, 0) is 25.0 Å². The first-order valence-corrected chi connectivity index (χ1v) is 5.61. The topological polar surface area (TPSA) is 42.7 Å². The van der Waals surface area contributed by atoms with Crippen LogP contribution in [-0.2, 0) is 4.74 Å². The van der Waals surface area contributed by atoms with Crippen LogP contribution in [0.4, 0.5) is 0 Å². The number of ether oxygens (including phenoxy) is 1. The number of nitrogens with zero attached hydrogens (tertiary/aromatic N) is 1. The van der Waals surface area contributed by atoms with E-state index in [0.29, 0.717) is 25.0 Å². The number of Topliss-reactive ketones (excluding diaryl/α,β-unsaturated/α-hetero) is 1. The number of hydrogen-bond acceptors (Lipinski definition) is 4. The highest BCUT2D eigenvalue weighted by atomic mass is 16.5. The van der Waals surface area contributed by atoms with Crippen molar-refractivity contribution in [1.29, 1.82) is 0 Å². The Morgan fingerprint density at radius 3 is 3.00 bits per heavy atom. The molecule has 0 radical (unpaired) electrons. The van der Waals surface area contributed by atoms with Crippen molar-refractivity contribution in [2.75, 3.05) is 26.8 Å². The Morgan fingerprint density at radius 1 is 1.62 bits per heavy atom. The molecule has 4 heteroatoms. The van der Waals surface area contributed by atoms with Crippen LogP contribution in [0, 0.1) is 0 Å². The molecule has 88 valence electrons. The van der Waals surface area contributed by atoms with E-state index in [2.05, 4.69) is 4.90 Å². The van der Waals surface area contributed by atoms with Gasteiger partial charge in [-0.15, -0.1) is 0 Å². The average Bonchev–Trinajstić information content (AvgIpc) is 2.98. The molecule has 0 unspecified atom stereocenters. The molecule has 0 spiro atoms. The maximum absolute atomic E-state index is 11.8. The molecule has 0 atom stereocenters. The molecule has 0 saturated heterocycles. The van der Waals surface area contributed by atoms with Crippen LogP contribution in [0.25, 0.3) is 0 Å². The predicted octanol–water partition coefficient (Wildman–Crippen LogP) is 1.57. The van der Waals surface area contributed by atoms with Gasteiger partial charge >= 0.3 is 0 Å². The smallest absolute Gasteiger partial charge is 0.211 e. The quantitative estimate of drug-likeness (QED) is 0.658. The Morgan fingerprint density at radius 2 is 2.44 bits per heavy atom. The molecule has 1 aromatic heterocycles. The van der Waals surface area contributed by atoms with Gasteiger partial charge in [0.1, 0.15) is 0 Å². The zero-order valence-electron chi connectivity index (χ0n) is 9.52. The standard InChI is InChI=1S/C12H17NO3/c1-15-8-6-13(10-4-5-10)9-11(14)12-3-2-7-16-12/h2-3,7,10H,4-6,8-9H2,1H3. The van der Waals surface area contributed by atoms with Crippen LogP contribution in [0.2, 0.25) is 0 Å². The summed E-state index contributed by atoms with van der Waals surface area (Å²) in [6.07, 6.45) is 3.91. The number of ketones is 1. The Bertz CT molecular complexity index is 330. The van der Waals surface area contributed by atoms with E-state index in [1.807, 2.05) is 0 Å². The fourth-order valence-corrected chi connectivity index (χ4v) is 1.74. The minimum absolute atomic E-state index is 0.0491. The maximum atomic E-state index is 11.8. The van der Waals surface area contributed by atoms with Gasteiger partial charge in [-0.1, -0.05) is 0 Å². The molecule has 1 fully saturated rings. The van der Waals surface area contributed by atoms with Crippen molar-refractivity contribution in [2.24, 2.45) is 0 Å². The Kier molecular flexibility index (Phi) is 3.74. The Hall–Kier alpha value is -1.13. The summed E-state index contributed by atoms with van der Waals surface area (Å²) in [4.78, 5) is 14.0. The van der Waals surface area contributed by atoms with E-state index in [1.54, 1.807) is 19.2 Å². The van der Waals surface area contributed by atoms with E-state index < -0.39 is 0 Å². The zero-order valence-corrected chi connectivity index (χ0v) is 9.52. The van der Waals surface area contributed by atoms with E-state index in [9.17, 15) is 4.79 Å². The first kappa shape index (κ1) is 11.4. The molecule has 0 aliphatic heterocycles. The summed E-state index contributed by atoms with van der Waals surface area (Å²) >= 11 is 0. The second kappa shape index (κ2) is 5.27. The maximum Gasteiger partial charge on any atom is 0.211 e. The number of furan rings is 1. The van der Waals surface area contributed by atoms with Crippen molar-refractivity contribution in [3.63, 3.8) is 0 Å². The van der Waals surface area contributed by atoms with Crippen LogP contribution >= 0.6 is 0 Å². The van der Waals surface area contributed by atoms with Gasteiger partial charge in [-0.25, -0.2) is 0 Å². The molecular formula is C12H17NO3. The molecule has 0 bridgehead atoms. The van der Waals surface area contributed by atoms with Crippen molar-refractivity contribution in [2.45, 2.75) is 18.9 Å². The Balaban J connectivity index is 1.87. The zero-order chi connectivity index (χ0) is 11.4. The lowest BCUT2D eigenvalue weighted by Gasteiger charge is -2.19. The van der Waals surface area contributed by atoms with Crippen LogP contribution in [0.1, 0.15) is 23.4 Å². The largest absolute Gasteiger partial charge is 0.461 e. The molecule has 2 rings (SSSR count). The van der Waals surface area contributed by atoms with Crippen LogP contribution in [-0.4, -0.2) is 43.5 Å². The van der Waals surface area contributed by atoms with Gasteiger partial charge in [0, 0.05) is 19.7 Å². The van der Waals surface area contributed by atoms with Crippen molar-refractivity contribution < 1.29 is 13.9 Å². The van der Waals surface area contributed by atoms with Crippen molar-refractivity contribution in [3.8, 4) is 0 Å². The van der Waals surface area contributed by atoms with Gasteiger partial charge in [0.25, 0.3) is 0 Å². The van der Waals surface area contributed by atoms with E-state index in [-0.39, 0.29) is 5.78 Å². The lowest BCUT2D eigenvalue weighted by Crippen LogP contribution is -2.34. The molecule has 1 saturated carbocycles. The van der Waals surface area contributed by atoms with Crippen LogP contribution < -0.4 is 0 Å². The number of carbonyl (C=O) groups excluding carboxylic acids is 1. The van der Waals surface area contributed by atoms with Crippen LogP contribution in [0.3, 0.4) is 0 Å². The molecule has 1 heterocycles. The summed E-state index contributed by atoms with van der Waals surface area (Å²) in [5, 5.41) is 0. The van der Waals surface area contributed by atoms with Crippen LogP contribution in [0.5, 0.6) is 0 Å². The average molecular weight is 223 g/mol. The van der Waals surface area contributed by atoms with E-state index in [0.717, 1.165) is 6.54 Å². The first-order chi connectivity index (χ1) is 7.81. The fraction of sp³-hybridized carbons (Fsp3) is 0.583. The monoisotopic (exact) mass is 223 g/mol. The molecule has 16 heavy (non-hydrogen) atoms. The number of rotatable bonds is 7. The molecule has 1 aromatic rings. The van der Waals surface area contributed by atoms with Crippen molar-refractivity contribution >= 4 is 5.78 Å². The van der Waals surface area contributed by atoms with Crippen molar-refractivity contribution in [1.82, 2.24) is 4.90 Å². The highest BCUT2D eigenvalue weighted by Gasteiger charge is 2.30. The third kappa shape index (κ3) is 2.93. The summed E-state index contributed by atoms with van der Waals surface area (Å²) in [6.45, 7) is 1.91. The van der Waals surface area contributed by atoms with Gasteiger partial charge in [0.15, 0.2) is 5.76 Å². The number of carbonyl (C=O) groups is 1. The fourth-order valence-electron chi connectivity index (χ4n) is 1.74. The second-order valence-electron chi connectivity index (χ2n) is 4.09. The molecule has 4 nitrogen and oxygen atoms in total. The lowest BCUT2D eigenvalue weighted by molar-refractivity contribution is 0.0859. The number of methoxy groups -OCH3 is 1. The van der Waals surface area contributed by atoms with E-state index in [1.165, 1.54) is 19.1 Å². The van der Waals surface area contributed by atoms with Crippen LogP contribution in [0.15, 0.2) is 22.8 Å². The van der Waals surface area contributed by atoms with Gasteiger partial charge in [-0.2, -0.15) is 0 Å². The highest BCUT2D eigenvalue weighted by molar-refractivity contribution is 5.95. The molecule has 1 aliphatic carbocycles. The summed E-state index contributed by atoms with van der Waals surface area (Å²) in [6, 6.07) is 4.02. The van der Waals surface area contributed by atoms with Gasteiger partial charge < -0.3 is 9.15 Å². The minimum atomic E-state index is 0.0491. The molecule has 0 N–H and O–H groups in total. The first-order valence-electron chi connectivity index (χ1n) is 5.61. The summed E-state index contributed by atoms with van der Waals surface area (Å²) in [5.74, 6) is 0.496. The molecule has 0 amide bonds. The molecule has 1 aliphatic rings. The van der Waals surface area contributed by atoms with E-state index in [4.69, 9.17) is 9.15 Å². The van der Waals surface area contributed by atoms with Gasteiger partial charge in [0.2, 0.25) is 5.78 Å². The highest BCUT2D eigenvalue weighted by Crippen LogP contribution is 2.26. The SMILES string of the molecule is COCCN(CC(=O)c1ccco1)C1CC1. The summed E-state index contributed by atoms with van der Waals surface area (Å²) < 4.78 is 10.1. The third-order valence-electron chi connectivity index (χ3n) is 2.79. The number of hydrogen-bond donors (Lipinski definition) is 0. The van der Waals surface area contributed by atoms with Crippen molar-refractivity contribution in [3.05, 3.63) is 24.2 Å². The second-order valence-corrected chi connectivity index (χ2v) is 4.09.